The Labute approximate surface area is 134 Å². The molecule has 0 saturated carbocycles. The number of ether oxygens (including phenoxy) is 1. The third-order valence-corrected chi connectivity index (χ3v) is 3.60. The number of halogens is 2. The van der Waals surface area contributed by atoms with E-state index in [4.69, 9.17) is 27.9 Å². The Kier molecular flexibility index (Phi) is 4.96. The van der Waals surface area contributed by atoms with Crippen LogP contribution in [0, 0.1) is 0 Å². The maximum absolute atomic E-state index is 12.4. The van der Waals surface area contributed by atoms with E-state index < -0.39 is 5.60 Å². The van der Waals surface area contributed by atoms with E-state index in [2.05, 4.69) is 10.3 Å². The van der Waals surface area contributed by atoms with Crippen LogP contribution in [0.1, 0.15) is 32.4 Å². The van der Waals surface area contributed by atoms with Crippen LogP contribution in [0.5, 0.6) is 0 Å². The maximum atomic E-state index is 12.4. The molecule has 1 aromatic rings. The van der Waals surface area contributed by atoms with Crippen molar-refractivity contribution in [2.45, 2.75) is 32.4 Å². The summed E-state index contributed by atoms with van der Waals surface area (Å²) in [5, 5.41) is 4.09. The Bertz CT molecular complexity index is 531. The van der Waals surface area contributed by atoms with Gasteiger partial charge in [-0.15, -0.1) is 0 Å². The van der Waals surface area contributed by atoms with Gasteiger partial charge in [-0.25, -0.2) is 9.78 Å². The fourth-order valence-corrected chi connectivity index (χ4v) is 2.60. The molecule has 2 heterocycles. The molecule has 1 amide bonds. The number of hydrogen-bond acceptors (Lipinski definition) is 4. The second kappa shape index (κ2) is 6.38. The molecule has 0 aliphatic carbocycles. The molecule has 1 unspecified atom stereocenters. The average molecular weight is 332 g/mol. The zero-order valence-corrected chi connectivity index (χ0v) is 13.8. The number of aromatic nitrogens is 1. The van der Waals surface area contributed by atoms with Crippen LogP contribution in [0.3, 0.4) is 0 Å². The molecule has 1 saturated heterocycles. The molecule has 0 radical (unpaired) electrons. The molecule has 116 valence electrons. The van der Waals surface area contributed by atoms with Crippen molar-refractivity contribution in [3.05, 3.63) is 28.0 Å². The van der Waals surface area contributed by atoms with E-state index in [0.29, 0.717) is 29.8 Å². The van der Waals surface area contributed by atoms with Crippen molar-refractivity contribution < 1.29 is 9.53 Å². The van der Waals surface area contributed by atoms with Gasteiger partial charge in [-0.1, -0.05) is 23.2 Å². The third-order valence-electron chi connectivity index (χ3n) is 3.08. The lowest BCUT2D eigenvalue weighted by molar-refractivity contribution is 0.0118. The number of rotatable bonds is 1. The highest BCUT2D eigenvalue weighted by atomic mass is 35.5. The third kappa shape index (κ3) is 4.22. The van der Waals surface area contributed by atoms with E-state index in [9.17, 15) is 4.79 Å². The predicted molar refractivity (Wildman–Crippen MR) is 82.8 cm³/mol. The minimum Gasteiger partial charge on any atom is -0.444 e. The molecule has 7 heteroatoms. The number of hydrogen-bond donors (Lipinski definition) is 1. The second-order valence-electron chi connectivity index (χ2n) is 5.92. The Morgan fingerprint density at radius 3 is 2.86 bits per heavy atom. The van der Waals surface area contributed by atoms with Crippen LogP contribution >= 0.6 is 23.2 Å². The fourth-order valence-electron chi connectivity index (χ4n) is 2.20. The van der Waals surface area contributed by atoms with Crippen LogP contribution in [0.2, 0.25) is 10.2 Å². The molecule has 0 aromatic carbocycles. The van der Waals surface area contributed by atoms with Crippen LogP contribution in [0.25, 0.3) is 0 Å². The quantitative estimate of drug-likeness (QED) is 0.802. The van der Waals surface area contributed by atoms with Crippen molar-refractivity contribution in [3.63, 3.8) is 0 Å². The molecule has 1 atom stereocenters. The van der Waals surface area contributed by atoms with Gasteiger partial charge in [-0.3, -0.25) is 4.90 Å². The summed E-state index contributed by atoms with van der Waals surface area (Å²) in [7, 11) is 0. The van der Waals surface area contributed by atoms with E-state index in [0.717, 1.165) is 5.56 Å². The van der Waals surface area contributed by atoms with Crippen molar-refractivity contribution >= 4 is 29.3 Å². The van der Waals surface area contributed by atoms with E-state index >= 15 is 0 Å². The molecule has 0 bridgehead atoms. The normalized spacial score (nSPS) is 19.5. The monoisotopic (exact) mass is 331 g/mol. The summed E-state index contributed by atoms with van der Waals surface area (Å²) in [5.74, 6) is 0. The number of nitrogens with zero attached hydrogens (tertiary/aromatic N) is 2. The van der Waals surface area contributed by atoms with Crippen LogP contribution in [0.4, 0.5) is 4.79 Å². The Morgan fingerprint density at radius 2 is 2.19 bits per heavy atom. The summed E-state index contributed by atoms with van der Waals surface area (Å²) < 4.78 is 5.47. The Morgan fingerprint density at radius 1 is 1.48 bits per heavy atom. The summed E-state index contributed by atoms with van der Waals surface area (Å²) >= 11 is 12.1. The van der Waals surface area contributed by atoms with Crippen molar-refractivity contribution in [2.75, 3.05) is 19.6 Å². The number of carbonyl (C=O) groups excluding carboxylic acids is 1. The first kappa shape index (κ1) is 16.3. The van der Waals surface area contributed by atoms with E-state index in [1.54, 1.807) is 11.0 Å². The number of nitrogens with one attached hydrogen (secondary N) is 1. The van der Waals surface area contributed by atoms with Gasteiger partial charge in [0.2, 0.25) is 0 Å². The number of piperazine rings is 1. The van der Waals surface area contributed by atoms with Gasteiger partial charge in [0.1, 0.15) is 10.8 Å². The molecule has 1 aliphatic heterocycles. The number of pyridine rings is 1. The van der Waals surface area contributed by atoms with Crippen LogP contribution in [0.15, 0.2) is 12.3 Å². The molecular weight excluding hydrogens is 313 g/mol. The lowest BCUT2D eigenvalue weighted by atomic mass is 10.1. The van der Waals surface area contributed by atoms with Crippen molar-refractivity contribution in [3.8, 4) is 0 Å². The van der Waals surface area contributed by atoms with Crippen molar-refractivity contribution in [1.82, 2.24) is 15.2 Å². The van der Waals surface area contributed by atoms with E-state index in [1.165, 1.54) is 6.20 Å². The molecule has 5 nitrogen and oxygen atoms in total. The molecule has 21 heavy (non-hydrogen) atoms. The summed E-state index contributed by atoms with van der Waals surface area (Å²) in [6.07, 6.45) is 1.15. The van der Waals surface area contributed by atoms with Gasteiger partial charge in [0.25, 0.3) is 0 Å². The first-order chi connectivity index (χ1) is 9.78. The molecule has 0 spiro atoms. The minimum atomic E-state index is -0.536. The minimum absolute atomic E-state index is 0.221. The molecule has 1 aromatic heterocycles. The van der Waals surface area contributed by atoms with Crippen LogP contribution in [-0.4, -0.2) is 41.2 Å². The topological polar surface area (TPSA) is 54.5 Å². The molecule has 2 rings (SSSR count). The van der Waals surface area contributed by atoms with Crippen LogP contribution < -0.4 is 5.32 Å². The van der Waals surface area contributed by atoms with E-state index in [-0.39, 0.29) is 12.1 Å². The van der Waals surface area contributed by atoms with Gasteiger partial charge >= 0.3 is 6.09 Å². The van der Waals surface area contributed by atoms with Gasteiger partial charge in [-0.05, 0) is 32.4 Å². The van der Waals surface area contributed by atoms with Gasteiger partial charge in [0.15, 0.2) is 0 Å². The highest BCUT2D eigenvalue weighted by Gasteiger charge is 2.32. The van der Waals surface area contributed by atoms with Gasteiger partial charge in [-0.2, -0.15) is 0 Å². The summed E-state index contributed by atoms with van der Waals surface area (Å²) in [5.41, 5.74) is 0.237. The molecule has 1 N–H and O–H groups in total. The highest BCUT2D eigenvalue weighted by molar-refractivity contribution is 6.32. The summed E-state index contributed by atoms with van der Waals surface area (Å²) in [6, 6.07) is 1.47. The predicted octanol–water partition coefficient (Wildman–Crippen LogP) is 3.27. The number of carbonyl (C=O) groups is 1. The fraction of sp³-hybridized carbons (Fsp3) is 0.571. The van der Waals surface area contributed by atoms with Crippen molar-refractivity contribution in [1.29, 1.82) is 0 Å². The zero-order valence-electron chi connectivity index (χ0n) is 12.3. The zero-order chi connectivity index (χ0) is 15.6. The van der Waals surface area contributed by atoms with Crippen molar-refractivity contribution in [2.24, 2.45) is 0 Å². The smallest absolute Gasteiger partial charge is 0.410 e. The van der Waals surface area contributed by atoms with Gasteiger partial charge < -0.3 is 10.1 Å². The highest BCUT2D eigenvalue weighted by Crippen LogP contribution is 2.30. The Balaban J connectivity index is 2.27. The number of amides is 1. The molecule has 1 aliphatic rings. The SMILES string of the molecule is CC(C)(C)OC(=O)N1CCNCC1c1cc(Cl)ncc1Cl. The standard InChI is InChI=1S/C14H19Cl2N3O2/c1-14(2,3)21-13(20)19-5-4-17-8-11(19)9-6-12(16)18-7-10(9)15/h6-7,11,17H,4-5,8H2,1-3H3. The second-order valence-corrected chi connectivity index (χ2v) is 6.72. The van der Waals surface area contributed by atoms with Gasteiger partial charge in [0, 0.05) is 25.8 Å². The first-order valence-electron chi connectivity index (χ1n) is 6.79. The Hall–Kier alpha value is -1.04. The van der Waals surface area contributed by atoms with E-state index in [1.807, 2.05) is 20.8 Å². The summed E-state index contributed by atoms with van der Waals surface area (Å²) in [6.45, 7) is 7.40. The lowest BCUT2D eigenvalue weighted by Gasteiger charge is -2.37. The largest absolute Gasteiger partial charge is 0.444 e. The first-order valence-corrected chi connectivity index (χ1v) is 7.55. The van der Waals surface area contributed by atoms with Gasteiger partial charge in [0.05, 0.1) is 11.1 Å². The summed E-state index contributed by atoms with van der Waals surface area (Å²) in [4.78, 5) is 18.0. The lowest BCUT2D eigenvalue weighted by Crippen LogP contribution is -2.50. The van der Waals surface area contributed by atoms with Crippen LogP contribution in [-0.2, 0) is 4.74 Å². The molecule has 1 fully saturated rings. The molecular formula is C14H19Cl2N3O2. The maximum Gasteiger partial charge on any atom is 0.410 e. The average Bonchev–Trinajstić information content (AvgIpc) is 2.39.